The molecule has 3 nitrogen and oxygen atoms in total. The number of benzene rings is 1. The van der Waals surface area contributed by atoms with Gasteiger partial charge in [-0.15, -0.1) is 0 Å². The van der Waals surface area contributed by atoms with Crippen molar-refractivity contribution in [2.75, 3.05) is 31.4 Å². The Hall–Kier alpha value is -1.77. The molecule has 18 heavy (non-hydrogen) atoms. The summed E-state index contributed by atoms with van der Waals surface area (Å²) in [6, 6.07) is 6.64. The van der Waals surface area contributed by atoms with E-state index in [0.717, 1.165) is 11.5 Å². The highest BCUT2D eigenvalue weighted by Gasteiger charge is 2.10. The number of anilines is 2. The molecule has 1 heterocycles. The van der Waals surface area contributed by atoms with Crippen molar-refractivity contribution in [3.8, 4) is 0 Å². The van der Waals surface area contributed by atoms with Crippen molar-refractivity contribution in [2.45, 2.75) is 19.8 Å². The first-order valence-electron chi connectivity index (χ1n) is 6.32. The van der Waals surface area contributed by atoms with Gasteiger partial charge in [-0.2, -0.15) is 0 Å². The van der Waals surface area contributed by atoms with Gasteiger partial charge < -0.3 is 10.2 Å². The third-order valence-electron chi connectivity index (χ3n) is 3.25. The SMILES string of the molecule is CNc1cnc(N(C)C)c2cc(C(C)C)ccc12. The maximum atomic E-state index is 4.54. The van der Waals surface area contributed by atoms with E-state index in [4.69, 9.17) is 0 Å². The van der Waals surface area contributed by atoms with E-state index in [2.05, 4.69) is 47.2 Å². The molecule has 3 heteroatoms. The molecule has 1 aromatic carbocycles. The molecule has 0 aliphatic rings. The maximum absolute atomic E-state index is 4.54. The second-order valence-electron chi connectivity index (χ2n) is 5.10. The van der Waals surface area contributed by atoms with E-state index in [1.165, 1.54) is 16.3 Å². The summed E-state index contributed by atoms with van der Waals surface area (Å²) in [7, 11) is 5.99. The predicted octanol–water partition coefficient (Wildman–Crippen LogP) is 3.47. The molecule has 0 fully saturated rings. The van der Waals surface area contributed by atoms with Crippen molar-refractivity contribution >= 4 is 22.3 Å². The highest BCUT2D eigenvalue weighted by Crippen LogP contribution is 2.31. The maximum Gasteiger partial charge on any atom is 0.136 e. The second-order valence-corrected chi connectivity index (χ2v) is 5.10. The first-order chi connectivity index (χ1) is 8.54. The molecule has 2 rings (SSSR count). The molecule has 0 radical (unpaired) electrons. The number of fused-ring (bicyclic) bond motifs is 1. The molecule has 1 N–H and O–H groups in total. The zero-order valence-electron chi connectivity index (χ0n) is 11.8. The molecular formula is C15H21N3. The lowest BCUT2D eigenvalue weighted by Crippen LogP contribution is -2.11. The van der Waals surface area contributed by atoms with Gasteiger partial charge in [0.05, 0.1) is 11.9 Å². The summed E-state index contributed by atoms with van der Waals surface area (Å²) in [6.07, 6.45) is 1.90. The summed E-state index contributed by atoms with van der Waals surface area (Å²) in [5.41, 5.74) is 2.42. The Labute approximate surface area is 109 Å². The van der Waals surface area contributed by atoms with Crippen molar-refractivity contribution in [3.05, 3.63) is 30.0 Å². The van der Waals surface area contributed by atoms with Gasteiger partial charge in [-0.3, -0.25) is 0 Å². The van der Waals surface area contributed by atoms with Crippen molar-refractivity contribution < 1.29 is 0 Å². The van der Waals surface area contributed by atoms with Gasteiger partial charge in [-0.1, -0.05) is 26.0 Å². The first kappa shape index (κ1) is 12.7. The van der Waals surface area contributed by atoms with Crippen molar-refractivity contribution in [1.82, 2.24) is 4.98 Å². The largest absolute Gasteiger partial charge is 0.386 e. The zero-order chi connectivity index (χ0) is 13.3. The van der Waals surface area contributed by atoms with Crippen LogP contribution in [0.2, 0.25) is 0 Å². The van der Waals surface area contributed by atoms with Gasteiger partial charge in [0.1, 0.15) is 5.82 Å². The number of aromatic nitrogens is 1. The Kier molecular flexibility index (Phi) is 3.41. The van der Waals surface area contributed by atoms with E-state index in [1.807, 2.05) is 27.3 Å². The molecule has 0 atom stereocenters. The van der Waals surface area contributed by atoms with Crippen LogP contribution in [-0.2, 0) is 0 Å². The first-order valence-corrected chi connectivity index (χ1v) is 6.32. The van der Waals surface area contributed by atoms with E-state index >= 15 is 0 Å². The van der Waals surface area contributed by atoms with E-state index in [9.17, 15) is 0 Å². The number of hydrogen-bond acceptors (Lipinski definition) is 3. The lowest BCUT2D eigenvalue weighted by Gasteiger charge is -2.17. The predicted molar refractivity (Wildman–Crippen MR) is 79.7 cm³/mol. The topological polar surface area (TPSA) is 28.2 Å². The van der Waals surface area contributed by atoms with E-state index in [0.29, 0.717) is 5.92 Å². The molecule has 0 bridgehead atoms. The smallest absolute Gasteiger partial charge is 0.136 e. The summed E-state index contributed by atoms with van der Waals surface area (Å²) in [4.78, 5) is 6.60. The number of nitrogens with zero attached hydrogens (tertiary/aromatic N) is 2. The molecule has 0 saturated heterocycles. The van der Waals surface area contributed by atoms with Crippen LogP contribution in [-0.4, -0.2) is 26.1 Å². The molecule has 0 amide bonds. The van der Waals surface area contributed by atoms with Crippen LogP contribution in [0.5, 0.6) is 0 Å². The van der Waals surface area contributed by atoms with Gasteiger partial charge >= 0.3 is 0 Å². The molecule has 0 aliphatic carbocycles. The van der Waals surface area contributed by atoms with Crippen molar-refractivity contribution in [2.24, 2.45) is 0 Å². The van der Waals surface area contributed by atoms with Crippen molar-refractivity contribution in [1.29, 1.82) is 0 Å². The lowest BCUT2D eigenvalue weighted by atomic mass is 9.99. The average Bonchev–Trinajstić information content (AvgIpc) is 2.36. The lowest BCUT2D eigenvalue weighted by molar-refractivity contribution is 0.868. The van der Waals surface area contributed by atoms with Crippen LogP contribution < -0.4 is 10.2 Å². The fourth-order valence-corrected chi connectivity index (χ4v) is 2.16. The van der Waals surface area contributed by atoms with Crippen LogP contribution in [0.3, 0.4) is 0 Å². The summed E-state index contributed by atoms with van der Waals surface area (Å²) in [5, 5.41) is 5.63. The molecule has 96 valence electrons. The third-order valence-corrected chi connectivity index (χ3v) is 3.25. The quantitative estimate of drug-likeness (QED) is 0.894. The van der Waals surface area contributed by atoms with Gasteiger partial charge in [0.25, 0.3) is 0 Å². The number of hydrogen-bond donors (Lipinski definition) is 1. The second kappa shape index (κ2) is 4.84. The summed E-state index contributed by atoms with van der Waals surface area (Å²) in [6.45, 7) is 4.43. The molecule has 0 unspecified atom stereocenters. The molecular weight excluding hydrogens is 222 g/mol. The Bertz CT molecular complexity index is 559. The van der Waals surface area contributed by atoms with Crippen LogP contribution >= 0.6 is 0 Å². The van der Waals surface area contributed by atoms with Gasteiger partial charge in [-0.05, 0) is 17.5 Å². The van der Waals surface area contributed by atoms with Gasteiger partial charge in [-0.25, -0.2) is 4.98 Å². The Balaban J connectivity index is 2.75. The fourth-order valence-electron chi connectivity index (χ4n) is 2.16. The minimum absolute atomic E-state index is 0.530. The number of rotatable bonds is 3. The average molecular weight is 243 g/mol. The Morgan fingerprint density at radius 3 is 2.44 bits per heavy atom. The van der Waals surface area contributed by atoms with E-state index < -0.39 is 0 Å². The highest BCUT2D eigenvalue weighted by molar-refractivity contribution is 6.00. The van der Waals surface area contributed by atoms with Crippen LogP contribution in [0.25, 0.3) is 10.8 Å². The molecule has 0 saturated carbocycles. The van der Waals surface area contributed by atoms with Crippen LogP contribution in [0.1, 0.15) is 25.3 Å². The summed E-state index contributed by atoms with van der Waals surface area (Å²) < 4.78 is 0. The normalized spacial score (nSPS) is 11.0. The van der Waals surface area contributed by atoms with Crippen molar-refractivity contribution in [3.63, 3.8) is 0 Å². The Morgan fingerprint density at radius 1 is 1.17 bits per heavy atom. The highest BCUT2D eigenvalue weighted by atomic mass is 15.1. The summed E-state index contributed by atoms with van der Waals surface area (Å²) in [5.74, 6) is 1.55. The fraction of sp³-hybridized carbons (Fsp3) is 0.400. The van der Waals surface area contributed by atoms with Crippen LogP contribution in [0.4, 0.5) is 11.5 Å². The van der Waals surface area contributed by atoms with E-state index in [-0.39, 0.29) is 0 Å². The van der Waals surface area contributed by atoms with Gasteiger partial charge in [0, 0.05) is 31.9 Å². The molecule has 0 aliphatic heterocycles. The minimum Gasteiger partial charge on any atom is -0.386 e. The van der Waals surface area contributed by atoms with E-state index in [1.54, 1.807) is 0 Å². The molecule has 1 aromatic heterocycles. The Morgan fingerprint density at radius 2 is 1.89 bits per heavy atom. The monoisotopic (exact) mass is 243 g/mol. The van der Waals surface area contributed by atoms with Gasteiger partial charge in [0.2, 0.25) is 0 Å². The zero-order valence-corrected chi connectivity index (χ0v) is 11.8. The minimum atomic E-state index is 0.530. The van der Waals surface area contributed by atoms with Crippen LogP contribution in [0.15, 0.2) is 24.4 Å². The molecule has 0 spiro atoms. The van der Waals surface area contributed by atoms with Crippen LogP contribution in [0, 0.1) is 0 Å². The molecule has 2 aromatic rings. The van der Waals surface area contributed by atoms with Gasteiger partial charge in [0.15, 0.2) is 0 Å². The number of nitrogens with one attached hydrogen (secondary N) is 1. The third kappa shape index (κ3) is 2.13. The number of pyridine rings is 1. The standard InChI is InChI=1S/C15H21N3/c1-10(2)11-6-7-12-13(8-11)15(18(4)5)17-9-14(12)16-3/h6-10,16H,1-5H3. The summed E-state index contributed by atoms with van der Waals surface area (Å²) >= 11 is 0.